The van der Waals surface area contributed by atoms with Crippen LogP contribution in [0.3, 0.4) is 0 Å². The van der Waals surface area contributed by atoms with Gasteiger partial charge >= 0.3 is 5.97 Å². The van der Waals surface area contributed by atoms with Crippen LogP contribution >= 0.6 is 0 Å². The van der Waals surface area contributed by atoms with Gasteiger partial charge in [0.25, 0.3) is 10.0 Å². The number of hydrogen-bond donors (Lipinski definition) is 2. The van der Waals surface area contributed by atoms with Gasteiger partial charge in [0.1, 0.15) is 5.56 Å². The van der Waals surface area contributed by atoms with Crippen molar-refractivity contribution >= 4 is 16.0 Å². The molecule has 2 N–H and O–H groups in total. The Morgan fingerprint density at radius 3 is 2.64 bits per heavy atom. The minimum Gasteiger partial charge on any atom is -0.462 e. The highest BCUT2D eigenvalue weighted by Crippen LogP contribution is 2.14. The average Bonchev–Trinajstić information content (AvgIpc) is 2.97. The van der Waals surface area contributed by atoms with Crippen LogP contribution in [-0.4, -0.2) is 31.2 Å². The van der Waals surface area contributed by atoms with Gasteiger partial charge in [0.15, 0.2) is 5.03 Å². The van der Waals surface area contributed by atoms with Gasteiger partial charge in [-0.1, -0.05) is 29.8 Å². The summed E-state index contributed by atoms with van der Waals surface area (Å²) in [4.78, 5) is 11.7. The van der Waals surface area contributed by atoms with E-state index in [2.05, 4.69) is 14.9 Å². The van der Waals surface area contributed by atoms with Gasteiger partial charge in [0.05, 0.1) is 12.8 Å². The highest BCUT2D eigenvalue weighted by atomic mass is 32.2. The van der Waals surface area contributed by atoms with Crippen molar-refractivity contribution < 1.29 is 17.9 Å². The third-order valence-electron chi connectivity index (χ3n) is 2.96. The number of aromatic nitrogens is 2. The van der Waals surface area contributed by atoms with Crippen LogP contribution in [0.2, 0.25) is 0 Å². The molecule has 0 amide bonds. The number of hydrogen-bond acceptors (Lipinski definition) is 5. The lowest BCUT2D eigenvalue weighted by atomic mass is 10.2. The largest absolute Gasteiger partial charge is 0.462 e. The summed E-state index contributed by atoms with van der Waals surface area (Å²) in [5.74, 6) is -0.730. The third kappa shape index (κ3) is 3.71. The summed E-state index contributed by atoms with van der Waals surface area (Å²) in [7, 11) is -3.89. The normalized spacial score (nSPS) is 11.4. The molecule has 1 aromatic heterocycles. The summed E-state index contributed by atoms with van der Waals surface area (Å²) < 4.78 is 31.8. The molecule has 0 saturated heterocycles. The second-order valence-electron chi connectivity index (χ2n) is 4.64. The Bertz CT molecular complexity index is 751. The van der Waals surface area contributed by atoms with Crippen molar-refractivity contribution in [1.29, 1.82) is 0 Å². The Balaban J connectivity index is 2.15. The predicted molar refractivity (Wildman–Crippen MR) is 79.7 cm³/mol. The van der Waals surface area contributed by atoms with E-state index in [0.717, 1.165) is 17.3 Å². The average molecular weight is 323 g/mol. The lowest BCUT2D eigenvalue weighted by Gasteiger charge is -2.07. The molecule has 118 valence electrons. The number of H-pyrrole nitrogens is 1. The Labute approximate surface area is 128 Å². The van der Waals surface area contributed by atoms with E-state index in [1.54, 1.807) is 6.92 Å². The fraction of sp³-hybridized carbons (Fsp3) is 0.286. The van der Waals surface area contributed by atoms with Crippen LogP contribution in [0.4, 0.5) is 0 Å². The summed E-state index contributed by atoms with van der Waals surface area (Å²) in [6.07, 6.45) is 1.14. The maximum absolute atomic E-state index is 12.3. The van der Waals surface area contributed by atoms with Gasteiger partial charge in [-0.05, 0) is 19.4 Å². The Hall–Kier alpha value is -2.19. The quantitative estimate of drug-likeness (QED) is 0.782. The highest BCUT2D eigenvalue weighted by Gasteiger charge is 2.25. The first-order chi connectivity index (χ1) is 10.4. The molecule has 8 heteroatoms. The van der Waals surface area contributed by atoms with Crippen molar-refractivity contribution in [2.24, 2.45) is 0 Å². The maximum Gasteiger partial charge on any atom is 0.342 e. The highest BCUT2D eigenvalue weighted by molar-refractivity contribution is 7.89. The lowest BCUT2D eigenvalue weighted by molar-refractivity contribution is 0.0522. The number of esters is 1. The van der Waals surface area contributed by atoms with E-state index < -0.39 is 16.0 Å². The number of aryl methyl sites for hydroxylation is 1. The predicted octanol–water partition coefficient (Wildman–Crippen LogP) is 1.37. The second-order valence-corrected chi connectivity index (χ2v) is 6.35. The van der Waals surface area contributed by atoms with Crippen LogP contribution in [0.15, 0.2) is 35.5 Å². The zero-order valence-corrected chi connectivity index (χ0v) is 13.1. The van der Waals surface area contributed by atoms with E-state index in [1.807, 2.05) is 31.2 Å². The Morgan fingerprint density at radius 2 is 2.00 bits per heavy atom. The van der Waals surface area contributed by atoms with Crippen molar-refractivity contribution in [2.45, 2.75) is 25.4 Å². The SMILES string of the molecule is CCOC(=O)c1cn[nH]c1S(=O)(=O)NCc1ccc(C)cc1. The first-order valence-corrected chi connectivity index (χ1v) is 8.18. The van der Waals surface area contributed by atoms with E-state index in [9.17, 15) is 13.2 Å². The molecular weight excluding hydrogens is 306 g/mol. The summed E-state index contributed by atoms with van der Waals surface area (Å²) in [5.41, 5.74) is 1.79. The van der Waals surface area contributed by atoms with Crippen molar-refractivity contribution in [3.05, 3.63) is 47.2 Å². The number of rotatable bonds is 6. The molecule has 0 aliphatic heterocycles. The number of carbonyl (C=O) groups excluding carboxylic acids is 1. The molecular formula is C14H17N3O4S. The van der Waals surface area contributed by atoms with Crippen LogP contribution in [0.1, 0.15) is 28.4 Å². The van der Waals surface area contributed by atoms with Gasteiger partial charge in [0.2, 0.25) is 0 Å². The summed E-state index contributed by atoms with van der Waals surface area (Å²) >= 11 is 0. The van der Waals surface area contributed by atoms with E-state index >= 15 is 0 Å². The monoisotopic (exact) mass is 323 g/mol. The number of sulfonamides is 1. The van der Waals surface area contributed by atoms with E-state index in [-0.39, 0.29) is 23.7 Å². The van der Waals surface area contributed by atoms with Gasteiger partial charge in [-0.2, -0.15) is 5.10 Å². The molecule has 0 saturated carbocycles. The molecule has 0 unspecified atom stereocenters. The number of carbonyl (C=O) groups is 1. The molecule has 0 spiro atoms. The molecule has 2 rings (SSSR count). The Morgan fingerprint density at radius 1 is 1.32 bits per heavy atom. The third-order valence-corrected chi connectivity index (χ3v) is 4.33. The Kier molecular flexibility index (Phi) is 4.94. The van der Waals surface area contributed by atoms with Crippen molar-refractivity contribution in [2.75, 3.05) is 6.61 Å². The smallest absolute Gasteiger partial charge is 0.342 e. The first kappa shape index (κ1) is 16.2. The lowest BCUT2D eigenvalue weighted by Crippen LogP contribution is -2.25. The zero-order chi connectivity index (χ0) is 16.2. The van der Waals surface area contributed by atoms with E-state index in [0.29, 0.717) is 0 Å². The van der Waals surface area contributed by atoms with E-state index in [1.165, 1.54) is 0 Å². The molecule has 7 nitrogen and oxygen atoms in total. The van der Waals surface area contributed by atoms with Gasteiger partial charge in [-0.15, -0.1) is 0 Å². The van der Waals surface area contributed by atoms with Crippen molar-refractivity contribution in [3.63, 3.8) is 0 Å². The number of nitrogens with one attached hydrogen (secondary N) is 2. The van der Waals surface area contributed by atoms with Crippen LogP contribution < -0.4 is 4.72 Å². The van der Waals surface area contributed by atoms with Crippen molar-refractivity contribution in [1.82, 2.24) is 14.9 Å². The summed E-state index contributed by atoms with van der Waals surface area (Å²) in [5, 5.41) is 5.65. The van der Waals surface area contributed by atoms with Gasteiger partial charge < -0.3 is 4.74 Å². The van der Waals surface area contributed by atoms with E-state index in [4.69, 9.17) is 4.74 Å². The number of ether oxygens (including phenoxy) is 1. The molecule has 2 aromatic rings. The van der Waals surface area contributed by atoms with Crippen LogP contribution in [0.5, 0.6) is 0 Å². The number of nitrogens with zero attached hydrogens (tertiary/aromatic N) is 1. The molecule has 1 aromatic carbocycles. The van der Waals surface area contributed by atoms with Crippen molar-refractivity contribution in [3.8, 4) is 0 Å². The van der Waals surface area contributed by atoms with Crippen LogP contribution in [0, 0.1) is 6.92 Å². The van der Waals surface area contributed by atoms with Gasteiger partial charge in [-0.25, -0.2) is 17.9 Å². The fourth-order valence-corrected chi connectivity index (χ4v) is 2.89. The summed E-state index contributed by atoms with van der Waals surface area (Å²) in [6, 6.07) is 7.45. The second kappa shape index (κ2) is 6.71. The molecule has 0 fully saturated rings. The topological polar surface area (TPSA) is 101 Å². The molecule has 22 heavy (non-hydrogen) atoms. The zero-order valence-electron chi connectivity index (χ0n) is 12.3. The molecule has 0 radical (unpaired) electrons. The van der Waals surface area contributed by atoms with Gasteiger partial charge in [-0.3, -0.25) is 5.10 Å². The molecule has 0 aliphatic rings. The molecule has 0 aliphatic carbocycles. The molecule has 0 atom stereocenters. The molecule has 1 heterocycles. The maximum atomic E-state index is 12.3. The minimum atomic E-state index is -3.89. The number of aromatic amines is 1. The van der Waals surface area contributed by atoms with Crippen LogP contribution in [-0.2, 0) is 21.3 Å². The molecule has 0 bridgehead atoms. The van der Waals surface area contributed by atoms with Gasteiger partial charge in [0, 0.05) is 6.54 Å². The standard InChI is InChI=1S/C14H17N3O4S/c1-3-21-14(18)12-9-15-17-13(12)22(19,20)16-8-11-6-4-10(2)5-7-11/h4-7,9,16H,3,8H2,1-2H3,(H,15,17). The fourth-order valence-electron chi connectivity index (χ4n) is 1.79. The summed E-state index contributed by atoms with van der Waals surface area (Å²) in [6.45, 7) is 3.86. The van der Waals surface area contributed by atoms with Crippen LogP contribution in [0.25, 0.3) is 0 Å². The minimum absolute atomic E-state index is 0.113. The number of benzene rings is 1. The first-order valence-electron chi connectivity index (χ1n) is 6.69.